The van der Waals surface area contributed by atoms with Gasteiger partial charge in [-0.2, -0.15) is 0 Å². The highest BCUT2D eigenvalue weighted by Gasteiger charge is 2.11. The summed E-state index contributed by atoms with van der Waals surface area (Å²) >= 11 is 5.89. The van der Waals surface area contributed by atoms with E-state index in [2.05, 4.69) is 10.3 Å². The number of ether oxygens (including phenoxy) is 2. The predicted octanol–water partition coefficient (Wildman–Crippen LogP) is 4.58. The van der Waals surface area contributed by atoms with Crippen molar-refractivity contribution >= 4 is 23.2 Å². The van der Waals surface area contributed by atoms with Crippen LogP contribution in [-0.2, 0) is 11.2 Å². The standard InChI is InChI=1S/C20H19ClN2O4/c1-25-16-8-7-15(11-17(16)26-2)23-19(24)9-10-20-22-12-18(27-20)13-3-5-14(21)6-4-13/h3-8,11-12H,9-10H2,1-2H3,(H,23,24). The van der Waals surface area contributed by atoms with Crippen molar-refractivity contribution in [2.45, 2.75) is 12.8 Å². The molecule has 0 spiro atoms. The van der Waals surface area contributed by atoms with Gasteiger partial charge in [-0.3, -0.25) is 4.79 Å². The molecule has 27 heavy (non-hydrogen) atoms. The summed E-state index contributed by atoms with van der Waals surface area (Å²) in [5.74, 6) is 2.15. The molecule has 7 heteroatoms. The molecule has 0 aliphatic rings. The second-order valence-corrected chi connectivity index (χ2v) is 6.18. The molecule has 3 aromatic rings. The Morgan fingerprint density at radius 1 is 1.11 bits per heavy atom. The molecule has 6 nitrogen and oxygen atoms in total. The van der Waals surface area contributed by atoms with Crippen LogP contribution in [0.1, 0.15) is 12.3 Å². The third-order valence-corrected chi connectivity index (χ3v) is 4.17. The summed E-state index contributed by atoms with van der Waals surface area (Å²) in [4.78, 5) is 16.4. The molecule has 1 heterocycles. The number of rotatable bonds is 7. The normalized spacial score (nSPS) is 10.5. The minimum atomic E-state index is -0.145. The molecule has 1 aromatic heterocycles. The number of hydrogen-bond acceptors (Lipinski definition) is 5. The molecular weight excluding hydrogens is 368 g/mol. The van der Waals surface area contributed by atoms with Crippen molar-refractivity contribution in [3.63, 3.8) is 0 Å². The lowest BCUT2D eigenvalue weighted by atomic mass is 10.2. The van der Waals surface area contributed by atoms with E-state index in [9.17, 15) is 4.79 Å². The van der Waals surface area contributed by atoms with Gasteiger partial charge in [-0.15, -0.1) is 0 Å². The highest BCUT2D eigenvalue weighted by molar-refractivity contribution is 6.30. The smallest absolute Gasteiger partial charge is 0.224 e. The average molecular weight is 387 g/mol. The van der Waals surface area contributed by atoms with Gasteiger partial charge in [0.2, 0.25) is 5.91 Å². The molecule has 1 N–H and O–H groups in total. The molecule has 2 aromatic carbocycles. The van der Waals surface area contributed by atoms with E-state index in [0.29, 0.717) is 40.3 Å². The van der Waals surface area contributed by atoms with E-state index in [1.807, 2.05) is 12.1 Å². The lowest BCUT2D eigenvalue weighted by Gasteiger charge is -2.10. The van der Waals surface area contributed by atoms with Gasteiger partial charge < -0.3 is 19.2 Å². The van der Waals surface area contributed by atoms with Gasteiger partial charge in [0.15, 0.2) is 23.1 Å². The number of aryl methyl sites for hydroxylation is 1. The van der Waals surface area contributed by atoms with Crippen molar-refractivity contribution in [1.82, 2.24) is 4.98 Å². The van der Waals surface area contributed by atoms with Crippen molar-refractivity contribution < 1.29 is 18.7 Å². The van der Waals surface area contributed by atoms with Crippen LogP contribution in [0.3, 0.4) is 0 Å². The molecule has 140 valence electrons. The van der Waals surface area contributed by atoms with Gasteiger partial charge in [-0.25, -0.2) is 4.98 Å². The second kappa shape index (κ2) is 8.60. The van der Waals surface area contributed by atoms with Gasteiger partial charge in [-0.05, 0) is 36.4 Å². The lowest BCUT2D eigenvalue weighted by Crippen LogP contribution is -2.12. The van der Waals surface area contributed by atoms with Gasteiger partial charge in [0.25, 0.3) is 0 Å². The predicted molar refractivity (Wildman–Crippen MR) is 103 cm³/mol. The summed E-state index contributed by atoms with van der Waals surface area (Å²) in [5.41, 5.74) is 1.51. The molecule has 0 saturated heterocycles. The van der Waals surface area contributed by atoms with Crippen LogP contribution in [0, 0.1) is 0 Å². The average Bonchev–Trinajstić information content (AvgIpc) is 3.16. The largest absolute Gasteiger partial charge is 0.493 e. The van der Waals surface area contributed by atoms with Crippen molar-refractivity contribution in [3.05, 3.63) is 59.6 Å². The topological polar surface area (TPSA) is 73.6 Å². The summed E-state index contributed by atoms with van der Waals surface area (Å²) in [6.45, 7) is 0. The van der Waals surface area contributed by atoms with Crippen LogP contribution in [0.15, 0.2) is 53.1 Å². The summed E-state index contributed by atoms with van der Waals surface area (Å²) in [6, 6.07) is 12.5. The number of aromatic nitrogens is 1. The maximum absolute atomic E-state index is 12.2. The Hall–Kier alpha value is -2.99. The summed E-state index contributed by atoms with van der Waals surface area (Å²) in [6.07, 6.45) is 2.28. The summed E-state index contributed by atoms with van der Waals surface area (Å²) in [5, 5.41) is 3.48. The number of anilines is 1. The molecule has 0 atom stereocenters. The van der Waals surface area contributed by atoms with E-state index in [1.54, 1.807) is 50.7 Å². The van der Waals surface area contributed by atoms with E-state index in [1.165, 1.54) is 0 Å². The molecular formula is C20H19ClN2O4. The molecule has 0 unspecified atom stereocenters. The van der Waals surface area contributed by atoms with Crippen LogP contribution in [0.4, 0.5) is 5.69 Å². The molecule has 0 radical (unpaired) electrons. The number of halogens is 1. The Balaban J connectivity index is 1.57. The number of carbonyl (C=O) groups excluding carboxylic acids is 1. The highest BCUT2D eigenvalue weighted by Crippen LogP contribution is 2.29. The summed E-state index contributed by atoms with van der Waals surface area (Å²) in [7, 11) is 3.11. The van der Waals surface area contributed by atoms with E-state index in [4.69, 9.17) is 25.5 Å². The van der Waals surface area contributed by atoms with Crippen LogP contribution in [0.25, 0.3) is 11.3 Å². The van der Waals surface area contributed by atoms with Crippen molar-refractivity contribution in [1.29, 1.82) is 0 Å². The quantitative estimate of drug-likeness (QED) is 0.643. The zero-order valence-electron chi connectivity index (χ0n) is 15.0. The van der Waals surface area contributed by atoms with E-state index in [-0.39, 0.29) is 12.3 Å². The van der Waals surface area contributed by atoms with Crippen LogP contribution in [0.5, 0.6) is 11.5 Å². The fourth-order valence-corrected chi connectivity index (χ4v) is 2.66. The molecule has 0 fully saturated rings. The fourth-order valence-electron chi connectivity index (χ4n) is 2.53. The highest BCUT2D eigenvalue weighted by atomic mass is 35.5. The number of amides is 1. The Kier molecular flexibility index (Phi) is 5.98. The van der Waals surface area contributed by atoms with Crippen molar-refractivity contribution in [2.24, 2.45) is 0 Å². The summed E-state index contributed by atoms with van der Waals surface area (Å²) < 4.78 is 16.1. The first-order chi connectivity index (χ1) is 13.1. The maximum Gasteiger partial charge on any atom is 0.224 e. The molecule has 0 aliphatic heterocycles. The van der Waals surface area contributed by atoms with E-state index in [0.717, 1.165) is 5.56 Å². The first-order valence-corrected chi connectivity index (χ1v) is 8.69. The Bertz CT molecular complexity index is 922. The van der Waals surface area contributed by atoms with Gasteiger partial charge >= 0.3 is 0 Å². The number of carbonyl (C=O) groups is 1. The zero-order chi connectivity index (χ0) is 19.2. The van der Waals surface area contributed by atoms with Crippen LogP contribution >= 0.6 is 11.6 Å². The Labute approximate surface area is 162 Å². The molecule has 0 saturated carbocycles. The third kappa shape index (κ3) is 4.80. The molecule has 0 aliphatic carbocycles. The van der Waals surface area contributed by atoms with Gasteiger partial charge in [0.05, 0.1) is 20.4 Å². The molecule has 3 rings (SSSR count). The first-order valence-electron chi connectivity index (χ1n) is 8.31. The second-order valence-electron chi connectivity index (χ2n) is 5.74. The Morgan fingerprint density at radius 3 is 2.56 bits per heavy atom. The number of nitrogens with zero attached hydrogens (tertiary/aromatic N) is 1. The number of methoxy groups -OCH3 is 2. The molecule has 0 bridgehead atoms. The van der Waals surface area contributed by atoms with E-state index < -0.39 is 0 Å². The number of nitrogens with one attached hydrogen (secondary N) is 1. The third-order valence-electron chi connectivity index (χ3n) is 3.92. The minimum Gasteiger partial charge on any atom is -0.493 e. The molecule has 1 amide bonds. The minimum absolute atomic E-state index is 0.145. The first kappa shape index (κ1) is 18.8. The zero-order valence-corrected chi connectivity index (χ0v) is 15.7. The van der Waals surface area contributed by atoms with Gasteiger partial charge in [0, 0.05) is 35.2 Å². The van der Waals surface area contributed by atoms with Gasteiger partial charge in [0.1, 0.15) is 0 Å². The van der Waals surface area contributed by atoms with Crippen LogP contribution in [0.2, 0.25) is 5.02 Å². The Morgan fingerprint density at radius 2 is 1.85 bits per heavy atom. The maximum atomic E-state index is 12.2. The monoisotopic (exact) mass is 386 g/mol. The number of benzene rings is 2. The fraction of sp³-hybridized carbons (Fsp3) is 0.200. The van der Waals surface area contributed by atoms with Crippen LogP contribution < -0.4 is 14.8 Å². The van der Waals surface area contributed by atoms with Crippen molar-refractivity contribution in [3.8, 4) is 22.8 Å². The SMILES string of the molecule is COc1ccc(NC(=O)CCc2ncc(-c3ccc(Cl)cc3)o2)cc1OC. The number of hydrogen-bond donors (Lipinski definition) is 1. The van der Waals surface area contributed by atoms with Crippen LogP contribution in [-0.4, -0.2) is 25.1 Å². The van der Waals surface area contributed by atoms with Gasteiger partial charge in [-0.1, -0.05) is 11.6 Å². The van der Waals surface area contributed by atoms with Crippen molar-refractivity contribution in [2.75, 3.05) is 19.5 Å². The lowest BCUT2D eigenvalue weighted by molar-refractivity contribution is -0.116. The van der Waals surface area contributed by atoms with E-state index >= 15 is 0 Å². The number of oxazole rings is 1.